The summed E-state index contributed by atoms with van der Waals surface area (Å²) in [6.07, 6.45) is 0. The van der Waals surface area contributed by atoms with Gasteiger partial charge in [-0.3, -0.25) is 4.99 Å². The summed E-state index contributed by atoms with van der Waals surface area (Å²) in [5.41, 5.74) is 0. The molecule has 1 saturated heterocycles. The van der Waals surface area contributed by atoms with Crippen LogP contribution in [0.4, 0.5) is 0 Å². The number of guanidine groups is 1. The first kappa shape index (κ1) is 23.9. The smallest absolute Gasteiger partial charge is 0.211 e. The van der Waals surface area contributed by atoms with E-state index >= 15 is 0 Å². The van der Waals surface area contributed by atoms with Crippen LogP contribution in [0.15, 0.2) is 4.99 Å². The van der Waals surface area contributed by atoms with E-state index in [1.54, 1.807) is 20.8 Å². The summed E-state index contributed by atoms with van der Waals surface area (Å²) in [6.45, 7) is 8.86. The molecular formula is C13H29IN4O4S2. The van der Waals surface area contributed by atoms with Crippen LogP contribution in [-0.4, -0.2) is 76.7 Å². The lowest BCUT2D eigenvalue weighted by Gasteiger charge is -2.39. The van der Waals surface area contributed by atoms with Crippen molar-refractivity contribution in [3.63, 3.8) is 0 Å². The molecule has 1 aliphatic rings. The lowest BCUT2D eigenvalue weighted by Crippen LogP contribution is -2.57. The zero-order valence-electron chi connectivity index (χ0n) is 14.7. The molecule has 0 aromatic rings. The van der Waals surface area contributed by atoms with Crippen molar-refractivity contribution in [2.24, 2.45) is 4.99 Å². The summed E-state index contributed by atoms with van der Waals surface area (Å²) >= 11 is 0. The van der Waals surface area contributed by atoms with Crippen molar-refractivity contribution in [1.82, 2.24) is 14.9 Å². The molecular weight excluding hydrogens is 467 g/mol. The lowest BCUT2D eigenvalue weighted by molar-refractivity contribution is 0.353. The Bertz CT molecular complexity index is 632. The molecule has 1 aliphatic heterocycles. The van der Waals surface area contributed by atoms with Crippen molar-refractivity contribution in [2.75, 3.05) is 44.2 Å². The van der Waals surface area contributed by atoms with Gasteiger partial charge in [0.25, 0.3) is 0 Å². The highest BCUT2D eigenvalue weighted by Crippen LogP contribution is 2.23. The summed E-state index contributed by atoms with van der Waals surface area (Å²) in [5.74, 6) is 0.744. The largest absolute Gasteiger partial charge is 0.357 e. The van der Waals surface area contributed by atoms with Crippen LogP contribution in [0.25, 0.3) is 0 Å². The first-order valence-electron chi connectivity index (χ1n) is 7.77. The van der Waals surface area contributed by atoms with Crippen molar-refractivity contribution in [2.45, 2.75) is 32.4 Å². The van der Waals surface area contributed by atoms with Crippen LogP contribution in [0.1, 0.15) is 27.7 Å². The topological polar surface area (TPSA) is 108 Å². The molecule has 0 radical (unpaired) electrons. The van der Waals surface area contributed by atoms with Gasteiger partial charge in [0.05, 0.1) is 22.8 Å². The van der Waals surface area contributed by atoms with E-state index in [9.17, 15) is 16.8 Å². The van der Waals surface area contributed by atoms with E-state index in [1.165, 1.54) is 0 Å². The minimum atomic E-state index is -3.22. The molecule has 0 spiro atoms. The fourth-order valence-electron chi connectivity index (χ4n) is 2.22. The molecule has 1 rings (SSSR count). The van der Waals surface area contributed by atoms with Crippen molar-refractivity contribution in [1.29, 1.82) is 0 Å². The van der Waals surface area contributed by atoms with E-state index < -0.39 is 24.6 Å². The third-order valence-electron chi connectivity index (χ3n) is 3.75. The van der Waals surface area contributed by atoms with E-state index in [2.05, 4.69) is 15.0 Å². The summed E-state index contributed by atoms with van der Waals surface area (Å²) < 4.78 is 48.5. The maximum Gasteiger partial charge on any atom is 0.211 e. The second kappa shape index (κ2) is 9.53. The van der Waals surface area contributed by atoms with Gasteiger partial charge in [-0.05, 0) is 27.7 Å². The summed E-state index contributed by atoms with van der Waals surface area (Å²) in [7, 11) is -6.33. The van der Waals surface area contributed by atoms with Crippen molar-refractivity contribution >= 4 is 49.8 Å². The maximum atomic E-state index is 12.1. The molecule has 0 bridgehead atoms. The molecule has 0 unspecified atom stereocenters. The predicted molar refractivity (Wildman–Crippen MR) is 108 cm³/mol. The Kier molecular flexibility index (Phi) is 9.47. The van der Waals surface area contributed by atoms with Gasteiger partial charge in [-0.25, -0.2) is 21.6 Å². The van der Waals surface area contributed by atoms with Gasteiger partial charge in [0.15, 0.2) is 15.8 Å². The van der Waals surface area contributed by atoms with Crippen LogP contribution >= 0.6 is 24.0 Å². The average Bonchev–Trinajstić information content (AvgIpc) is 2.45. The van der Waals surface area contributed by atoms with Crippen molar-refractivity contribution < 1.29 is 16.8 Å². The Morgan fingerprint density at radius 1 is 1.29 bits per heavy atom. The van der Waals surface area contributed by atoms with Gasteiger partial charge in [-0.2, -0.15) is 0 Å². The van der Waals surface area contributed by atoms with Gasteiger partial charge >= 0.3 is 0 Å². The fourth-order valence-corrected chi connectivity index (χ4v) is 4.19. The Balaban J connectivity index is 0.00000529. The Hall–Kier alpha value is -0.140. The number of rotatable bonds is 6. The Labute approximate surface area is 162 Å². The third kappa shape index (κ3) is 6.64. The van der Waals surface area contributed by atoms with Crippen LogP contribution in [0.5, 0.6) is 0 Å². The van der Waals surface area contributed by atoms with Crippen LogP contribution in [0.2, 0.25) is 0 Å². The average molecular weight is 496 g/mol. The van der Waals surface area contributed by atoms with E-state index in [-0.39, 0.29) is 42.0 Å². The molecule has 0 aromatic carbocycles. The fraction of sp³-hybridized carbons (Fsp3) is 0.923. The van der Waals surface area contributed by atoms with E-state index in [0.717, 1.165) is 0 Å². The first-order chi connectivity index (χ1) is 10.5. The van der Waals surface area contributed by atoms with Gasteiger partial charge in [-0.1, -0.05) is 0 Å². The summed E-state index contributed by atoms with van der Waals surface area (Å²) in [6, 6.07) is 0. The van der Waals surface area contributed by atoms with Gasteiger partial charge in [-0.15, -0.1) is 24.0 Å². The molecule has 2 N–H and O–H groups in total. The molecule has 0 aromatic heterocycles. The predicted octanol–water partition coefficient (Wildman–Crippen LogP) is 0.0182. The summed E-state index contributed by atoms with van der Waals surface area (Å²) in [5, 5.41) is 3.13. The molecule has 8 nitrogen and oxygen atoms in total. The van der Waals surface area contributed by atoms with E-state index in [0.29, 0.717) is 32.1 Å². The number of sulfone groups is 1. The molecule has 11 heteroatoms. The lowest BCUT2D eigenvalue weighted by atomic mass is 10.2. The zero-order chi connectivity index (χ0) is 17.7. The minimum absolute atomic E-state index is 0. The number of hydrogen-bond donors (Lipinski definition) is 2. The van der Waals surface area contributed by atoms with Crippen LogP contribution < -0.4 is 10.0 Å². The molecule has 24 heavy (non-hydrogen) atoms. The standard InChI is InChI=1S/C13H28N4O4S2.HI/c1-5-14-12(15-7-8-16-23(20,21)6-2)17-9-10-22(18,19)13(3,4)11-17;/h16H,5-11H2,1-4H3,(H,14,15);1H. The van der Waals surface area contributed by atoms with Gasteiger partial charge < -0.3 is 10.2 Å². The quantitative estimate of drug-likeness (QED) is 0.232. The molecule has 1 heterocycles. The Morgan fingerprint density at radius 3 is 2.42 bits per heavy atom. The molecule has 0 amide bonds. The number of halogens is 1. The molecule has 144 valence electrons. The monoisotopic (exact) mass is 496 g/mol. The number of sulfonamides is 1. The highest BCUT2D eigenvalue weighted by Gasteiger charge is 2.40. The molecule has 1 fully saturated rings. The first-order valence-corrected chi connectivity index (χ1v) is 11.1. The van der Waals surface area contributed by atoms with Gasteiger partial charge in [0.1, 0.15) is 0 Å². The van der Waals surface area contributed by atoms with Crippen LogP contribution in [-0.2, 0) is 19.9 Å². The number of nitrogens with one attached hydrogen (secondary N) is 2. The van der Waals surface area contributed by atoms with E-state index in [4.69, 9.17) is 0 Å². The second-order valence-electron chi connectivity index (χ2n) is 6.03. The molecule has 0 saturated carbocycles. The maximum absolute atomic E-state index is 12.1. The third-order valence-corrected chi connectivity index (χ3v) is 7.69. The summed E-state index contributed by atoms with van der Waals surface area (Å²) in [4.78, 5) is 6.31. The second-order valence-corrected chi connectivity index (χ2v) is 10.9. The molecule has 0 atom stereocenters. The van der Waals surface area contributed by atoms with E-state index in [1.807, 2.05) is 11.8 Å². The number of aliphatic imine (C=N–C) groups is 1. The zero-order valence-corrected chi connectivity index (χ0v) is 18.7. The Morgan fingerprint density at radius 2 is 1.92 bits per heavy atom. The SMILES string of the molecule is CCNC(=NCCNS(=O)(=O)CC)N1CCS(=O)(=O)C(C)(C)C1.I. The van der Waals surface area contributed by atoms with Gasteiger partial charge in [0.2, 0.25) is 10.0 Å². The highest BCUT2D eigenvalue weighted by atomic mass is 127. The normalized spacial score (nSPS) is 20.3. The van der Waals surface area contributed by atoms with Crippen molar-refractivity contribution in [3.05, 3.63) is 0 Å². The van der Waals surface area contributed by atoms with Crippen LogP contribution in [0.3, 0.4) is 0 Å². The highest BCUT2D eigenvalue weighted by molar-refractivity contribution is 14.0. The molecule has 0 aliphatic carbocycles. The number of hydrogen-bond acceptors (Lipinski definition) is 5. The van der Waals surface area contributed by atoms with Crippen molar-refractivity contribution in [3.8, 4) is 0 Å². The minimum Gasteiger partial charge on any atom is -0.357 e. The van der Waals surface area contributed by atoms with Gasteiger partial charge in [0, 0.05) is 26.2 Å². The van der Waals surface area contributed by atoms with Crippen LogP contribution in [0, 0.1) is 0 Å². The number of nitrogens with zero attached hydrogens (tertiary/aromatic N) is 2.